The zero-order valence-corrected chi connectivity index (χ0v) is 36.1. The standard InChI is InChI=1S/C62H40N2O2/c1-39-33-35-43(36-34-39)63(40-19-5-2-6-20-40)52-37-51-59(61-56(52)46-27-13-17-31-54(46)66-61)58-50(62(51)48-29-15-11-25-44(48)45-26-12-16-30-49(45)62)38-53(60-57(58)47-28-14-18-32-55(47)65-60)64(41-21-7-3-8-22-41)42-23-9-4-10-24-42/h2-38H,1H3. The maximum Gasteiger partial charge on any atom is 0.160 e. The molecule has 12 aromatic rings. The van der Waals surface area contributed by atoms with Crippen LogP contribution in [-0.4, -0.2) is 0 Å². The minimum atomic E-state index is -0.754. The molecule has 66 heavy (non-hydrogen) atoms. The minimum Gasteiger partial charge on any atom is -0.455 e. The summed E-state index contributed by atoms with van der Waals surface area (Å²) in [7, 11) is 0. The van der Waals surface area contributed by atoms with Gasteiger partial charge in [0.05, 0.1) is 22.2 Å². The predicted octanol–water partition coefficient (Wildman–Crippen LogP) is 17.1. The van der Waals surface area contributed by atoms with Crippen molar-refractivity contribution in [1.82, 2.24) is 0 Å². The number of aryl methyl sites for hydroxylation is 1. The van der Waals surface area contributed by atoms with Crippen LogP contribution in [0.15, 0.2) is 233 Å². The van der Waals surface area contributed by atoms with Crippen molar-refractivity contribution in [2.24, 2.45) is 0 Å². The largest absolute Gasteiger partial charge is 0.455 e. The molecule has 10 aromatic carbocycles. The van der Waals surface area contributed by atoms with Gasteiger partial charge in [0.2, 0.25) is 0 Å². The number of benzene rings is 10. The van der Waals surface area contributed by atoms with Crippen LogP contribution in [-0.2, 0) is 5.41 Å². The highest BCUT2D eigenvalue weighted by atomic mass is 16.3. The van der Waals surface area contributed by atoms with Gasteiger partial charge < -0.3 is 18.6 Å². The summed E-state index contributed by atoms with van der Waals surface area (Å²) < 4.78 is 14.6. The summed E-state index contributed by atoms with van der Waals surface area (Å²) in [6.07, 6.45) is 0. The first-order chi connectivity index (χ1) is 32.7. The van der Waals surface area contributed by atoms with Crippen LogP contribution in [0.5, 0.6) is 0 Å². The van der Waals surface area contributed by atoms with Gasteiger partial charge in [-0.25, -0.2) is 0 Å². The maximum atomic E-state index is 7.40. The van der Waals surface area contributed by atoms with Crippen LogP contribution in [0.1, 0.15) is 27.8 Å². The summed E-state index contributed by atoms with van der Waals surface area (Å²) in [4.78, 5) is 4.79. The molecule has 2 aliphatic carbocycles. The molecule has 0 amide bonds. The van der Waals surface area contributed by atoms with E-state index in [4.69, 9.17) is 8.83 Å². The first-order valence-corrected chi connectivity index (χ1v) is 22.7. The molecule has 0 aliphatic heterocycles. The van der Waals surface area contributed by atoms with Gasteiger partial charge in [-0.05, 0) is 113 Å². The first kappa shape index (κ1) is 36.8. The summed E-state index contributed by atoms with van der Waals surface area (Å²) in [5.74, 6) is 0. The van der Waals surface area contributed by atoms with E-state index in [9.17, 15) is 0 Å². The van der Waals surface area contributed by atoms with Gasteiger partial charge in [0.25, 0.3) is 0 Å². The number of rotatable bonds is 6. The molecule has 0 unspecified atom stereocenters. The van der Waals surface area contributed by atoms with Gasteiger partial charge in [0.15, 0.2) is 5.58 Å². The predicted molar refractivity (Wildman–Crippen MR) is 271 cm³/mol. The van der Waals surface area contributed by atoms with Crippen molar-refractivity contribution in [3.8, 4) is 22.3 Å². The number of para-hydroxylation sites is 5. The van der Waals surface area contributed by atoms with E-state index < -0.39 is 5.41 Å². The molecule has 0 saturated heterocycles. The van der Waals surface area contributed by atoms with Crippen molar-refractivity contribution < 1.29 is 8.83 Å². The van der Waals surface area contributed by atoms with Gasteiger partial charge in [0, 0.05) is 50.0 Å². The van der Waals surface area contributed by atoms with Crippen LogP contribution in [0.25, 0.3) is 66.1 Å². The third-order valence-corrected chi connectivity index (χ3v) is 14.1. The van der Waals surface area contributed by atoms with Crippen molar-refractivity contribution in [2.75, 3.05) is 9.80 Å². The van der Waals surface area contributed by atoms with Crippen molar-refractivity contribution in [3.63, 3.8) is 0 Å². The Morgan fingerprint density at radius 1 is 0.348 bits per heavy atom. The summed E-state index contributed by atoms with van der Waals surface area (Å²) >= 11 is 0. The molecule has 0 radical (unpaired) electrons. The Labute approximate surface area is 381 Å². The molecule has 2 heterocycles. The lowest BCUT2D eigenvalue weighted by molar-refractivity contribution is 0.668. The van der Waals surface area contributed by atoms with E-state index in [2.05, 4.69) is 241 Å². The minimum absolute atomic E-state index is 0.754. The quantitative estimate of drug-likeness (QED) is 0.167. The molecule has 0 bridgehead atoms. The second-order valence-electron chi connectivity index (χ2n) is 17.6. The maximum absolute atomic E-state index is 7.40. The Morgan fingerprint density at radius 2 is 0.773 bits per heavy atom. The van der Waals surface area contributed by atoms with Crippen LogP contribution < -0.4 is 9.80 Å². The van der Waals surface area contributed by atoms with Gasteiger partial charge in [-0.2, -0.15) is 0 Å². The zero-order chi connectivity index (χ0) is 43.5. The molecule has 4 nitrogen and oxygen atoms in total. The van der Waals surface area contributed by atoms with Crippen LogP contribution in [0, 0.1) is 6.92 Å². The highest BCUT2D eigenvalue weighted by Crippen LogP contribution is 2.68. The van der Waals surface area contributed by atoms with Crippen molar-refractivity contribution in [3.05, 3.63) is 252 Å². The van der Waals surface area contributed by atoms with Crippen molar-refractivity contribution >= 4 is 78.0 Å². The van der Waals surface area contributed by atoms with Gasteiger partial charge in [-0.1, -0.05) is 157 Å². The Bertz CT molecular complexity index is 3800. The number of anilines is 6. The molecule has 0 saturated carbocycles. The lowest BCUT2D eigenvalue weighted by atomic mass is 9.70. The number of fused-ring (bicyclic) bond motifs is 18. The highest BCUT2D eigenvalue weighted by molar-refractivity contribution is 6.26. The summed E-state index contributed by atoms with van der Waals surface area (Å²) in [5.41, 5.74) is 19.6. The van der Waals surface area contributed by atoms with E-state index in [0.717, 1.165) is 89.1 Å². The zero-order valence-electron chi connectivity index (χ0n) is 36.1. The molecule has 0 fully saturated rings. The van der Waals surface area contributed by atoms with Crippen LogP contribution in [0.3, 0.4) is 0 Å². The molecule has 2 aliphatic rings. The second kappa shape index (κ2) is 13.9. The average Bonchev–Trinajstić information content (AvgIpc) is 4.11. The molecule has 4 heteroatoms. The summed E-state index contributed by atoms with van der Waals surface area (Å²) in [6, 6.07) is 81.1. The van der Waals surface area contributed by atoms with Gasteiger partial charge >= 0.3 is 0 Å². The Hall–Kier alpha value is -8.60. The summed E-state index contributed by atoms with van der Waals surface area (Å²) in [5, 5.41) is 4.27. The molecule has 0 atom stereocenters. The lowest BCUT2D eigenvalue weighted by Crippen LogP contribution is -2.26. The third-order valence-electron chi connectivity index (χ3n) is 14.1. The summed E-state index contributed by atoms with van der Waals surface area (Å²) in [6.45, 7) is 2.15. The van der Waals surface area contributed by atoms with E-state index in [1.807, 2.05) is 0 Å². The Morgan fingerprint density at radius 3 is 1.35 bits per heavy atom. The topological polar surface area (TPSA) is 32.8 Å². The lowest BCUT2D eigenvalue weighted by Gasteiger charge is -2.33. The van der Waals surface area contributed by atoms with E-state index in [1.54, 1.807) is 0 Å². The van der Waals surface area contributed by atoms with Crippen LogP contribution in [0.4, 0.5) is 34.1 Å². The van der Waals surface area contributed by atoms with E-state index in [-0.39, 0.29) is 0 Å². The average molecular weight is 845 g/mol. The second-order valence-corrected chi connectivity index (χ2v) is 17.6. The number of nitrogens with zero attached hydrogens (tertiary/aromatic N) is 2. The Balaban J connectivity index is 1.22. The van der Waals surface area contributed by atoms with Gasteiger partial charge in [0.1, 0.15) is 16.7 Å². The van der Waals surface area contributed by atoms with E-state index in [0.29, 0.717) is 0 Å². The van der Waals surface area contributed by atoms with E-state index in [1.165, 1.54) is 38.9 Å². The molecule has 310 valence electrons. The monoisotopic (exact) mass is 844 g/mol. The fraction of sp³-hybridized carbons (Fsp3) is 0.0323. The first-order valence-electron chi connectivity index (χ1n) is 22.7. The van der Waals surface area contributed by atoms with Crippen molar-refractivity contribution in [2.45, 2.75) is 12.3 Å². The fourth-order valence-electron chi connectivity index (χ4n) is 11.4. The molecular weight excluding hydrogens is 805 g/mol. The molecule has 14 rings (SSSR count). The van der Waals surface area contributed by atoms with E-state index >= 15 is 0 Å². The SMILES string of the molecule is Cc1ccc(N(c2ccccc2)c2cc3c(c4oc5ccccc5c24)-c2c(cc(N(c4ccccc4)c4ccccc4)c4oc5ccccc5c24)C32c3ccccc3-c3ccccc32)cc1. The van der Waals surface area contributed by atoms with Crippen LogP contribution in [0.2, 0.25) is 0 Å². The van der Waals surface area contributed by atoms with Gasteiger partial charge in [-0.15, -0.1) is 0 Å². The molecular formula is C62H40N2O2. The number of furan rings is 2. The third kappa shape index (κ3) is 4.98. The fourth-order valence-corrected chi connectivity index (χ4v) is 11.4. The number of hydrogen-bond donors (Lipinski definition) is 0. The smallest absolute Gasteiger partial charge is 0.160 e. The van der Waals surface area contributed by atoms with Gasteiger partial charge in [-0.3, -0.25) is 0 Å². The van der Waals surface area contributed by atoms with Crippen LogP contribution >= 0.6 is 0 Å². The molecule has 2 aromatic heterocycles. The van der Waals surface area contributed by atoms with Crippen molar-refractivity contribution in [1.29, 1.82) is 0 Å². The Kier molecular flexibility index (Phi) is 7.79. The normalized spacial score (nSPS) is 13.0. The number of hydrogen-bond acceptors (Lipinski definition) is 4. The molecule has 0 N–H and O–H groups in total. The molecule has 1 spiro atoms. The highest BCUT2D eigenvalue weighted by Gasteiger charge is 2.54.